The molecule has 0 spiro atoms. The lowest BCUT2D eigenvalue weighted by atomic mass is 9.93. The Kier molecular flexibility index (Phi) is 5.27. The highest BCUT2D eigenvalue weighted by atomic mass is 19.4. The summed E-state index contributed by atoms with van der Waals surface area (Å²) in [5.41, 5.74) is 2.07. The van der Waals surface area contributed by atoms with Crippen LogP contribution in [0.3, 0.4) is 0 Å². The van der Waals surface area contributed by atoms with Gasteiger partial charge in [0.05, 0.1) is 11.3 Å². The maximum absolute atomic E-state index is 13.6. The zero-order chi connectivity index (χ0) is 20.4. The Morgan fingerprint density at radius 2 is 1.83 bits per heavy atom. The third kappa shape index (κ3) is 4.42. The van der Waals surface area contributed by atoms with Crippen LogP contribution in [0.5, 0.6) is 0 Å². The molecule has 8 heteroatoms. The van der Waals surface area contributed by atoms with Crippen molar-refractivity contribution in [2.75, 3.05) is 18.4 Å². The zero-order valence-corrected chi connectivity index (χ0v) is 16.0. The molecule has 1 aliphatic heterocycles. The van der Waals surface area contributed by atoms with Gasteiger partial charge in [0.1, 0.15) is 0 Å². The minimum atomic E-state index is -4.45. The highest BCUT2D eigenvalue weighted by Crippen LogP contribution is 2.38. The van der Waals surface area contributed by atoms with Gasteiger partial charge in [0.2, 0.25) is 0 Å². The molecule has 0 bridgehead atoms. The Labute approximate surface area is 166 Å². The number of halogens is 3. The number of piperidine rings is 1. The van der Waals surface area contributed by atoms with Crippen LogP contribution in [0.4, 0.5) is 24.7 Å². The van der Waals surface area contributed by atoms with E-state index in [-0.39, 0.29) is 11.5 Å². The molecule has 4 rings (SSSR count). The molecule has 0 radical (unpaired) electrons. The van der Waals surface area contributed by atoms with Crippen LogP contribution in [0.25, 0.3) is 11.3 Å². The van der Waals surface area contributed by atoms with Crippen LogP contribution in [0.15, 0.2) is 42.5 Å². The first-order valence-electron chi connectivity index (χ1n) is 9.58. The predicted octanol–water partition coefficient (Wildman–Crippen LogP) is 5.01. The van der Waals surface area contributed by atoms with Crippen molar-refractivity contribution >= 4 is 11.5 Å². The number of hydrogen-bond acceptors (Lipinski definition) is 4. The van der Waals surface area contributed by atoms with Crippen molar-refractivity contribution in [3.8, 4) is 11.3 Å². The fourth-order valence-corrected chi connectivity index (χ4v) is 3.67. The van der Waals surface area contributed by atoms with Crippen molar-refractivity contribution in [1.82, 2.24) is 20.5 Å². The van der Waals surface area contributed by atoms with Crippen molar-refractivity contribution < 1.29 is 13.2 Å². The summed E-state index contributed by atoms with van der Waals surface area (Å²) in [6, 6.07) is 11.0. The third-order valence-electron chi connectivity index (χ3n) is 5.09. The number of rotatable bonds is 4. The number of H-pyrrole nitrogens is 1. The highest BCUT2D eigenvalue weighted by molar-refractivity contribution is 5.70. The van der Waals surface area contributed by atoms with Crippen LogP contribution in [-0.4, -0.2) is 28.3 Å². The molecule has 1 aliphatic rings. The first-order chi connectivity index (χ1) is 13.9. The summed E-state index contributed by atoms with van der Waals surface area (Å²) in [6.07, 6.45) is -2.65. The number of nitrogens with one attached hydrogen (secondary N) is 3. The zero-order valence-electron chi connectivity index (χ0n) is 16.0. The maximum Gasteiger partial charge on any atom is 0.417 e. The van der Waals surface area contributed by atoms with Gasteiger partial charge in [-0.1, -0.05) is 18.2 Å². The Balaban J connectivity index is 1.79. The van der Waals surface area contributed by atoms with Crippen LogP contribution in [-0.2, 0) is 6.18 Å². The molecule has 1 fully saturated rings. The largest absolute Gasteiger partial charge is 0.417 e. The van der Waals surface area contributed by atoms with Crippen LogP contribution < -0.4 is 10.6 Å². The number of anilines is 2. The molecule has 3 heterocycles. The quantitative estimate of drug-likeness (QED) is 0.575. The van der Waals surface area contributed by atoms with Gasteiger partial charge >= 0.3 is 6.18 Å². The Bertz CT molecular complexity index is 990. The van der Waals surface area contributed by atoms with E-state index in [1.165, 1.54) is 12.1 Å². The van der Waals surface area contributed by atoms with Gasteiger partial charge in [0.25, 0.3) is 0 Å². The molecule has 5 nitrogen and oxygen atoms in total. The second-order valence-corrected chi connectivity index (χ2v) is 7.29. The van der Waals surface area contributed by atoms with E-state index in [1.54, 1.807) is 12.1 Å². The standard InChI is InChI=1S/C21H22F3N5/c1-13-10-20(29-28-13)26-15-11-18(14-6-8-25-9-7-14)27-19(12-15)16-4-2-3-5-17(16)21(22,23)24/h2-5,10-12,14,25H,6-9H2,1H3,(H2,26,27,28,29). The molecular weight excluding hydrogens is 379 g/mol. The molecule has 1 aromatic carbocycles. The second kappa shape index (κ2) is 7.87. The second-order valence-electron chi connectivity index (χ2n) is 7.29. The first kappa shape index (κ1) is 19.4. The number of aromatic amines is 1. The average Bonchev–Trinajstić information content (AvgIpc) is 3.12. The smallest absolute Gasteiger partial charge is 0.339 e. The number of aryl methyl sites for hydroxylation is 1. The maximum atomic E-state index is 13.6. The normalized spacial score (nSPS) is 15.4. The van der Waals surface area contributed by atoms with E-state index in [0.717, 1.165) is 43.4 Å². The van der Waals surface area contributed by atoms with Gasteiger partial charge in [0.15, 0.2) is 5.82 Å². The predicted molar refractivity (Wildman–Crippen MR) is 106 cm³/mol. The summed E-state index contributed by atoms with van der Waals surface area (Å²) in [4.78, 5) is 4.65. The summed E-state index contributed by atoms with van der Waals surface area (Å²) in [5, 5.41) is 13.5. The fourth-order valence-electron chi connectivity index (χ4n) is 3.67. The number of nitrogens with zero attached hydrogens (tertiary/aromatic N) is 2. The molecule has 29 heavy (non-hydrogen) atoms. The van der Waals surface area contributed by atoms with Crippen molar-refractivity contribution in [3.05, 3.63) is 59.4 Å². The van der Waals surface area contributed by atoms with E-state index in [2.05, 4.69) is 25.8 Å². The monoisotopic (exact) mass is 401 g/mol. The van der Waals surface area contributed by atoms with E-state index < -0.39 is 11.7 Å². The minimum Gasteiger partial charge on any atom is -0.339 e. The summed E-state index contributed by atoms with van der Waals surface area (Å²) in [5.74, 6) is 0.815. The highest BCUT2D eigenvalue weighted by Gasteiger charge is 2.34. The van der Waals surface area contributed by atoms with E-state index in [9.17, 15) is 13.2 Å². The number of aromatic nitrogens is 3. The molecule has 0 saturated carbocycles. The van der Waals surface area contributed by atoms with Crippen LogP contribution in [0.1, 0.15) is 35.7 Å². The summed E-state index contributed by atoms with van der Waals surface area (Å²) >= 11 is 0. The minimum absolute atomic E-state index is 0.0806. The number of benzene rings is 1. The lowest BCUT2D eigenvalue weighted by Gasteiger charge is -2.23. The molecular formula is C21H22F3N5. The number of hydrogen-bond donors (Lipinski definition) is 3. The van der Waals surface area contributed by atoms with E-state index in [4.69, 9.17) is 0 Å². The molecule has 2 aromatic heterocycles. The van der Waals surface area contributed by atoms with Crippen molar-refractivity contribution in [2.45, 2.75) is 31.9 Å². The molecule has 3 N–H and O–H groups in total. The Morgan fingerprint density at radius 3 is 2.52 bits per heavy atom. The van der Waals surface area contributed by atoms with Crippen LogP contribution in [0, 0.1) is 6.92 Å². The third-order valence-corrected chi connectivity index (χ3v) is 5.09. The van der Waals surface area contributed by atoms with Gasteiger partial charge in [-0.2, -0.15) is 18.3 Å². The van der Waals surface area contributed by atoms with Gasteiger partial charge in [-0.3, -0.25) is 10.1 Å². The molecule has 152 valence electrons. The van der Waals surface area contributed by atoms with Crippen molar-refractivity contribution in [1.29, 1.82) is 0 Å². The average molecular weight is 401 g/mol. The fraction of sp³-hybridized carbons (Fsp3) is 0.333. The molecule has 0 unspecified atom stereocenters. The number of alkyl halides is 3. The van der Waals surface area contributed by atoms with Gasteiger partial charge in [-0.05, 0) is 51.1 Å². The first-order valence-corrected chi connectivity index (χ1v) is 9.58. The lowest BCUT2D eigenvalue weighted by Crippen LogP contribution is -2.27. The lowest BCUT2D eigenvalue weighted by molar-refractivity contribution is -0.137. The molecule has 0 atom stereocenters. The molecule has 3 aromatic rings. The van der Waals surface area contributed by atoms with Crippen LogP contribution >= 0.6 is 0 Å². The summed E-state index contributed by atoms with van der Waals surface area (Å²) in [7, 11) is 0. The van der Waals surface area contributed by atoms with Gasteiger partial charge < -0.3 is 10.6 Å². The molecule has 1 saturated heterocycles. The topological polar surface area (TPSA) is 65.6 Å². The SMILES string of the molecule is Cc1cc(Nc2cc(-c3ccccc3C(F)(F)F)nc(C3CCNCC3)c2)n[nH]1. The van der Waals surface area contributed by atoms with Gasteiger partial charge in [-0.25, -0.2) is 0 Å². The van der Waals surface area contributed by atoms with Crippen LogP contribution in [0.2, 0.25) is 0 Å². The van der Waals surface area contributed by atoms with Gasteiger partial charge in [0, 0.05) is 34.6 Å². The summed E-state index contributed by atoms with van der Waals surface area (Å²) < 4.78 is 40.7. The van der Waals surface area contributed by atoms with Gasteiger partial charge in [-0.15, -0.1) is 0 Å². The molecule has 0 aliphatic carbocycles. The van der Waals surface area contributed by atoms with E-state index in [0.29, 0.717) is 17.2 Å². The molecule has 0 amide bonds. The van der Waals surface area contributed by atoms with E-state index >= 15 is 0 Å². The Hall–Kier alpha value is -2.87. The van der Waals surface area contributed by atoms with Crippen molar-refractivity contribution in [3.63, 3.8) is 0 Å². The number of pyridine rings is 1. The van der Waals surface area contributed by atoms with Crippen molar-refractivity contribution in [2.24, 2.45) is 0 Å². The van der Waals surface area contributed by atoms with E-state index in [1.807, 2.05) is 19.1 Å². The Morgan fingerprint density at radius 1 is 1.07 bits per heavy atom. The summed E-state index contributed by atoms with van der Waals surface area (Å²) in [6.45, 7) is 3.63.